The van der Waals surface area contributed by atoms with E-state index in [0.717, 1.165) is 45.3 Å². The van der Waals surface area contributed by atoms with Crippen molar-refractivity contribution in [3.63, 3.8) is 0 Å². The van der Waals surface area contributed by atoms with Gasteiger partial charge in [-0.25, -0.2) is 0 Å². The Hall–Kier alpha value is -0.610. The van der Waals surface area contributed by atoms with Crippen LogP contribution in [0, 0.1) is 5.92 Å². The molecule has 0 radical (unpaired) electrons. The van der Waals surface area contributed by atoms with Gasteiger partial charge in [0.2, 0.25) is 5.91 Å². The van der Waals surface area contributed by atoms with Crippen molar-refractivity contribution in [2.75, 3.05) is 32.8 Å². The molecule has 1 atom stereocenters. The monoisotopic (exact) mass is 228 g/mol. The van der Waals surface area contributed by atoms with Crippen molar-refractivity contribution in [3.05, 3.63) is 0 Å². The van der Waals surface area contributed by atoms with Gasteiger partial charge in [-0.15, -0.1) is 0 Å². The van der Waals surface area contributed by atoms with Gasteiger partial charge in [0.1, 0.15) is 0 Å². The lowest BCUT2D eigenvalue weighted by Gasteiger charge is -2.15. The molecule has 0 saturated carbocycles. The molecule has 0 bridgehead atoms. The second-order valence-corrected chi connectivity index (χ2v) is 4.69. The van der Waals surface area contributed by atoms with Crippen molar-refractivity contribution in [2.24, 2.45) is 5.92 Å². The number of nitrogens with one attached hydrogen (secondary N) is 1. The summed E-state index contributed by atoms with van der Waals surface area (Å²) < 4.78 is 0. The van der Waals surface area contributed by atoms with Crippen molar-refractivity contribution in [2.45, 2.75) is 32.6 Å². The highest BCUT2D eigenvalue weighted by Crippen LogP contribution is 2.06. The van der Waals surface area contributed by atoms with E-state index in [1.54, 1.807) is 0 Å². The molecular weight excluding hydrogens is 204 g/mol. The van der Waals surface area contributed by atoms with Crippen LogP contribution in [0.2, 0.25) is 0 Å². The molecule has 1 aliphatic heterocycles. The quantitative estimate of drug-likeness (QED) is 0.628. The number of carbonyl (C=O) groups excluding carboxylic acids is 1. The van der Waals surface area contributed by atoms with E-state index in [1.165, 1.54) is 0 Å². The smallest absolute Gasteiger partial charge is 0.236 e. The van der Waals surface area contributed by atoms with Crippen LogP contribution in [0.1, 0.15) is 32.6 Å². The Morgan fingerprint density at radius 1 is 1.44 bits per heavy atom. The first-order chi connectivity index (χ1) is 7.74. The van der Waals surface area contributed by atoms with Gasteiger partial charge in [-0.3, -0.25) is 4.79 Å². The van der Waals surface area contributed by atoms with Crippen LogP contribution in [0.25, 0.3) is 0 Å². The number of likely N-dealkylation sites (tertiary alicyclic amines) is 1. The highest BCUT2D eigenvalue weighted by molar-refractivity contribution is 5.78. The molecule has 1 amide bonds. The van der Waals surface area contributed by atoms with Crippen LogP contribution >= 0.6 is 0 Å². The molecule has 1 heterocycles. The van der Waals surface area contributed by atoms with Crippen molar-refractivity contribution < 1.29 is 9.90 Å². The van der Waals surface area contributed by atoms with Crippen molar-refractivity contribution in [1.82, 2.24) is 10.2 Å². The maximum absolute atomic E-state index is 11.6. The number of aliphatic hydroxyl groups is 1. The predicted molar refractivity (Wildman–Crippen MR) is 64.2 cm³/mol. The first kappa shape index (κ1) is 13.5. The normalized spacial score (nSPS) is 17.8. The third-order valence-corrected chi connectivity index (χ3v) is 3.10. The fourth-order valence-corrected chi connectivity index (χ4v) is 1.94. The first-order valence-corrected chi connectivity index (χ1v) is 6.33. The maximum atomic E-state index is 11.6. The Morgan fingerprint density at radius 3 is 2.75 bits per heavy atom. The summed E-state index contributed by atoms with van der Waals surface area (Å²) in [5, 5.41) is 12.0. The number of nitrogens with zero attached hydrogens (tertiary/aromatic N) is 1. The van der Waals surface area contributed by atoms with Gasteiger partial charge >= 0.3 is 0 Å². The number of amides is 1. The van der Waals surface area contributed by atoms with Gasteiger partial charge in [-0.2, -0.15) is 0 Å². The molecule has 0 aromatic rings. The van der Waals surface area contributed by atoms with E-state index in [9.17, 15) is 4.79 Å². The molecule has 1 saturated heterocycles. The molecular formula is C12H24N2O2. The van der Waals surface area contributed by atoms with E-state index in [1.807, 2.05) is 11.8 Å². The molecule has 0 aliphatic carbocycles. The Balaban J connectivity index is 1.96. The van der Waals surface area contributed by atoms with Crippen molar-refractivity contribution >= 4 is 5.91 Å². The molecule has 1 fully saturated rings. The summed E-state index contributed by atoms with van der Waals surface area (Å²) in [4.78, 5) is 13.6. The van der Waals surface area contributed by atoms with Crippen LogP contribution in [0.3, 0.4) is 0 Å². The van der Waals surface area contributed by atoms with Crippen LogP contribution < -0.4 is 5.32 Å². The Kier molecular flexibility index (Phi) is 6.42. The average Bonchev–Trinajstić information content (AvgIpc) is 2.81. The lowest BCUT2D eigenvalue weighted by atomic mass is 10.1. The molecule has 1 unspecified atom stereocenters. The zero-order valence-electron chi connectivity index (χ0n) is 10.2. The van der Waals surface area contributed by atoms with E-state index in [2.05, 4.69) is 5.32 Å². The van der Waals surface area contributed by atoms with Gasteiger partial charge in [0.05, 0.1) is 6.54 Å². The highest BCUT2D eigenvalue weighted by Gasteiger charge is 2.16. The molecule has 0 aromatic heterocycles. The summed E-state index contributed by atoms with van der Waals surface area (Å²) in [5.74, 6) is 0.601. The second-order valence-electron chi connectivity index (χ2n) is 4.69. The van der Waals surface area contributed by atoms with Gasteiger partial charge in [0.15, 0.2) is 0 Å². The number of hydrogen-bond donors (Lipinski definition) is 2. The minimum Gasteiger partial charge on any atom is -0.396 e. The van der Waals surface area contributed by atoms with Crippen LogP contribution in [0.15, 0.2) is 0 Å². The summed E-state index contributed by atoms with van der Waals surface area (Å²) in [6.45, 7) is 5.49. The largest absolute Gasteiger partial charge is 0.396 e. The summed E-state index contributed by atoms with van der Waals surface area (Å²) in [6.07, 6.45) is 4.34. The number of carbonyl (C=O) groups is 1. The van der Waals surface area contributed by atoms with E-state index in [4.69, 9.17) is 5.11 Å². The SMILES string of the molecule is CC(CO)CCCNCC(=O)N1CCCC1. The Bertz CT molecular complexity index is 203. The lowest BCUT2D eigenvalue weighted by Crippen LogP contribution is -2.36. The molecule has 4 nitrogen and oxygen atoms in total. The topological polar surface area (TPSA) is 52.6 Å². The average molecular weight is 228 g/mol. The Labute approximate surface area is 98.0 Å². The fourth-order valence-electron chi connectivity index (χ4n) is 1.94. The van der Waals surface area contributed by atoms with E-state index in [-0.39, 0.29) is 12.5 Å². The van der Waals surface area contributed by atoms with E-state index in [0.29, 0.717) is 12.5 Å². The van der Waals surface area contributed by atoms with Gasteiger partial charge in [-0.1, -0.05) is 6.92 Å². The zero-order chi connectivity index (χ0) is 11.8. The van der Waals surface area contributed by atoms with Gasteiger partial charge in [0.25, 0.3) is 0 Å². The first-order valence-electron chi connectivity index (χ1n) is 6.33. The molecule has 2 N–H and O–H groups in total. The van der Waals surface area contributed by atoms with Crippen LogP contribution in [-0.4, -0.2) is 48.7 Å². The summed E-state index contributed by atoms with van der Waals surface area (Å²) in [5.41, 5.74) is 0. The molecule has 0 aromatic carbocycles. The minimum atomic E-state index is 0.229. The van der Waals surface area contributed by atoms with Crippen LogP contribution in [0.5, 0.6) is 0 Å². The molecule has 16 heavy (non-hydrogen) atoms. The minimum absolute atomic E-state index is 0.229. The third kappa shape index (κ3) is 4.94. The molecule has 0 spiro atoms. The van der Waals surface area contributed by atoms with Crippen LogP contribution in [-0.2, 0) is 4.79 Å². The summed E-state index contributed by atoms with van der Waals surface area (Å²) in [6, 6.07) is 0. The standard InChI is InChI=1S/C12H24N2O2/c1-11(10-15)5-4-6-13-9-12(16)14-7-2-3-8-14/h11,13,15H,2-10H2,1H3. The summed E-state index contributed by atoms with van der Waals surface area (Å²) in [7, 11) is 0. The molecule has 1 aliphatic rings. The van der Waals surface area contributed by atoms with Gasteiger partial charge in [0, 0.05) is 19.7 Å². The van der Waals surface area contributed by atoms with Crippen molar-refractivity contribution in [1.29, 1.82) is 0 Å². The Morgan fingerprint density at radius 2 is 2.12 bits per heavy atom. The van der Waals surface area contributed by atoms with Gasteiger partial charge in [-0.05, 0) is 38.1 Å². The molecule has 1 rings (SSSR count). The zero-order valence-corrected chi connectivity index (χ0v) is 10.2. The van der Waals surface area contributed by atoms with Crippen LogP contribution in [0.4, 0.5) is 0 Å². The van der Waals surface area contributed by atoms with E-state index >= 15 is 0 Å². The fraction of sp³-hybridized carbons (Fsp3) is 0.917. The number of rotatable bonds is 7. The number of aliphatic hydroxyl groups excluding tert-OH is 1. The van der Waals surface area contributed by atoms with Gasteiger partial charge < -0.3 is 15.3 Å². The molecule has 94 valence electrons. The molecule has 4 heteroatoms. The highest BCUT2D eigenvalue weighted by atomic mass is 16.3. The van der Waals surface area contributed by atoms with E-state index < -0.39 is 0 Å². The maximum Gasteiger partial charge on any atom is 0.236 e. The lowest BCUT2D eigenvalue weighted by molar-refractivity contribution is -0.129. The summed E-state index contributed by atoms with van der Waals surface area (Å²) >= 11 is 0. The van der Waals surface area contributed by atoms with Crippen molar-refractivity contribution in [3.8, 4) is 0 Å². The second kappa shape index (κ2) is 7.63. The third-order valence-electron chi connectivity index (χ3n) is 3.10. The number of hydrogen-bond acceptors (Lipinski definition) is 3. The predicted octanol–water partition coefficient (Wildman–Crippen LogP) is 0.607.